The molecule has 4 unspecified atom stereocenters. The summed E-state index contributed by atoms with van der Waals surface area (Å²) in [6.45, 7) is 4.49. The van der Waals surface area contributed by atoms with Crippen molar-refractivity contribution in [3.8, 4) is 35.7 Å². The van der Waals surface area contributed by atoms with E-state index in [1.807, 2.05) is 12.1 Å². The molecule has 8 heterocycles. The highest BCUT2D eigenvalue weighted by Crippen LogP contribution is 2.47. The molecule has 4 aliphatic rings. The Morgan fingerprint density at radius 1 is 1.08 bits per heavy atom. The molecule has 1 N–H and O–H groups in total. The number of pyridine rings is 1. The largest absolute Gasteiger partial charge is 0.467 e. The predicted octanol–water partition coefficient (Wildman–Crippen LogP) is 7.21. The van der Waals surface area contributed by atoms with Gasteiger partial charge in [0.2, 0.25) is 0 Å². The number of terminal acetylenes is 1. The van der Waals surface area contributed by atoms with Crippen LogP contribution in [0.25, 0.3) is 53.2 Å². The molecule has 0 spiro atoms. The average molecular weight is 732 g/mol. The lowest BCUT2D eigenvalue weighted by molar-refractivity contribution is 0.167. The van der Waals surface area contributed by atoms with E-state index in [2.05, 4.69) is 36.9 Å². The van der Waals surface area contributed by atoms with Crippen molar-refractivity contribution in [2.45, 2.75) is 69.2 Å². The number of fused-ring (bicyclic) bond motifs is 8. The smallest absolute Gasteiger partial charge is 0.319 e. The highest BCUT2D eigenvalue weighted by Gasteiger charge is 2.41. The number of thiophene rings is 1. The van der Waals surface area contributed by atoms with Crippen LogP contribution in [0.5, 0.6) is 6.01 Å². The number of rotatable bonds is 6. The zero-order valence-electron chi connectivity index (χ0n) is 29.5. The van der Waals surface area contributed by atoms with Gasteiger partial charge < -0.3 is 9.64 Å². The molecular formula is C40H39F2N9OS. The van der Waals surface area contributed by atoms with Crippen molar-refractivity contribution in [2.24, 2.45) is 0 Å². The average Bonchev–Trinajstić information content (AvgIpc) is 3.99. The first-order valence-electron chi connectivity index (χ1n) is 18.4. The van der Waals surface area contributed by atoms with Crippen LogP contribution in [0.3, 0.4) is 0 Å². The number of unbranched alkanes of at least 4 members (excludes halogenated alkanes) is 1. The second kappa shape index (κ2) is 13.8. The van der Waals surface area contributed by atoms with E-state index in [4.69, 9.17) is 31.4 Å². The zero-order chi connectivity index (χ0) is 36.2. The Hall–Kier alpha value is -4.95. The van der Waals surface area contributed by atoms with Crippen molar-refractivity contribution in [3.63, 3.8) is 0 Å². The van der Waals surface area contributed by atoms with E-state index in [0.29, 0.717) is 48.2 Å². The minimum atomic E-state index is -0.518. The fourth-order valence-corrected chi connectivity index (χ4v) is 10.4. The maximum Gasteiger partial charge on any atom is 0.319 e. The lowest BCUT2D eigenvalue weighted by Crippen LogP contribution is -2.54. The van der Waals surface area contributed by atoms with Crippen molar-refractivity contribution in [1.82, 2.24) is 34.9 Å². The molecule has 0 aliphatic carbocycles. The molecule has 2 bridgehead atoms. The lowest BCUT2D eigenvalue weighted by Gasteiger charge is -2.41. The van der Waals surface area contributed by atoms with Gasteiger partial charge in [0.1, 0.15) is 22.6 Å². The van der Waals surface area contributed by atoms with Crippen molar-refractivity contribution >= 4 is 59.1 Å². The first kappa shape index (κ1) is 33.9. The molecule has 0 radical (unpaired) electrons. The number of halogens is 2. The number of aromatic amines is 1. The number of piperazine rings is 1. The maximum atomic E-state index is 15.1. The van der Waals surface area contributed by atoms with Crippen LogP contribution in [0, 0.1) is 29.5 Å². The Morgan fingerprint density at radius 3 is 2.70 bits per heavy atom. The molecule has 2 aromatic carbocycles. The van der Waals surface area contributed by atoms with Crippen LogP contribution in [-0.2, 0) is 0 Å². The number of nitriles is 1. The number of H-pyrrole nitrogens is 1. The van der Waals surface area contributed by atoms with E-state index in [0.717, 1.165) is 99.8 Å². The Morgan fingerprint density at radius 2 is 1.92 bits per heavy atom. The van der Waals surface area contributed by atoms with Gasteiger partial charge in [-0.15, -0.1) is 17.8 Å². The first-order valence-corrected chi connectivity index (χ1v) is 19.2. The van der Waals surface area contributed by atoms with Crippen LogP contribution in [0.2, 0.25) is 0 Å². The summed E-state index contributed by atoms with van der Waals surface area (Å²) in [4.78, 5) is 22.6. The van der Waals surface area contributed by atoms with Gasteiger partial charge in [-0.2, -0.15) is 20.3 Å². The molecular weight excluding hydrogens is 693 g/mol. The predicted molar refractivity (Wildman–Crippen MR) is 204 cm³/mol. The summed E-state index contributed by atoms with van der Waals surface area (Å²) in [5, 5.41) is 20.6. The van der Waals surface area contributed by atoms with Crippen molar-refractivity contribution in [2.75, 3.05) is 44.7 Å². The van der Waals surface area contributed by atoms with E-state index in [1.54, 1.807) is 25.6 Å². The molecule has 10 nitrogen and oxygen atoms in total. The number of hydrogen-bond donors (Lipinski definition) is 1. The van der Waals surface area contributed by atoms with E-state index in [9.17, 15) is 4.39 Å². The van der Waals surface area contributed by atoms with Gasteiger partial charge in [0.25, 0.3) is 0 Å². The molecule has 4 aromatic heterocycles. The van der Waals surface area contributed by atoms with Crippen LogP contribution in [0.4, 0.5) is 14.6 Å². The molecule has 4 fully saturated rings. The highest BCUT2D eigenvalue weighted by atomic mass is 32.1. The molecule has 4 saturated heterocycles. The summed E-state index contributed by atoms with van der Waals surface area (Å²) < 4.78 is 34.2. The number of nitrogens with zero attached hydrogens (tertiary/aromatic N) is 8. The number of nitrogens with one attached hydrogen (secondary N) is 1. The van der Waals surface area contributed by atoms with Crippen LogP contribution in [0.1, 0.15) is 50.5 Å². The topological polar surface area (TPSA) is 110 Å². The molecule has 4 atom stereocenters. The molecule has 10 rings (SSSR count). The van der Waals surface area contributed by atoms with Gasteiger partial charge in [-0.25, -0.2) is 8.78 Å². The van der Waals surface area contributed by atoms with Crippen LogP contribution < -0.4 is 9.64 Å². The fourth-order valence-electron chi connectivity index (χ4n) is 9.22. The van der Waals surface area contributed by atoms with Crippen LogP contribution >= 0.6 is 11.3 Å². The number of aromatic nitrogens is 5. The summed E-state index contributed by atoms with van der Waals surface area (Å²) in [6, 6.07) is 11.1. The van der Waals surface area contributed by atoms with E-state index in [1.165, 1.54) is 30.2 Å². The number of benzene rings is 2. The fraction of sp³-hybridized carbons (Fsp3) is 0.425. The van der Waals surface area contributed by atoms with Gasteiger partial charge in [-0.05, 0) is 75.2 Å². The SMILES string of the molecule is C#Cc1c(F)ccc2cc3[nH]ncc3c(-c3nccc4c3sc3nc(OC)nc(N5CC6CCC(C5)N6CCCC#N)c34)c12.FC1CC2CCCN2C1. The van der Waals surface area contributed by atoms with Crippen LogP contribution in [-0.4, -0.2) is 99.1 Å². The van der Waals surface area contributed by atoms with E-state index >= 15 is 4.39 Å². The molecule has 13 heteroatoms. The van der Waals surface area contributed by atoms with Gasteiger partial charge in [-0.3, -0.25) is 19.9 Å². The number of ether oxygens (including phenoxy) is 1. The number of methoxy groups -OCH3 is 1. The lowest BCUT2D eigenvalue weighted by atomic mass is 9.93. The first-order chi connectivity index (χ1) is 25.9. The third kappa shape index (κ3) is 5.82. The third-order valence-corrected chi connectivity index (χ3v) is 12.7. The van der Waals surface area contributed by atoms with Gasteiger partial charge >= 0.3 is 6.01 Å². The second-order valence-electron chi connectivity index (χ2n) is 14.5. The van der Waals surface area contributed by atoms with Crippen LogP contribution in [0.15, 0.2) is 36.7 Å². The minimum Gasteiger partial charge on any atom is -0.467 e. The Bertz CT molecular complexity index is 2420. The van der Waals surface area contributed by atoms with E-state index in [-0.39, 0.29) is 5.56 Å². The summed E-state index contributed by atoms with van der Waals surface area (Å²) >= 11 is 1.52. The number of hydrogen-bond acceptors (Lipinski definition) is 10. The van der Waals surface area contributed by atoms with Gasteiger partial charge in [0, 0.05) is 72.1 Å². The normalized spacial score (nSPS) is 22.7. The molecule has 270 valence electrons. The second-order valence-corrected chi connectivity index (χ2v) is 15.5. The monoisotopic (exact) mass is 731 g/mol. The van der Waals surface area contributed by atoms with Gasteiger partial charge in [0.05, 0.1) is 46.2 Å². The number of anilines is 1. The minimum absolute atomic E-state index is 0.200. The Labute approximate surface area is 309 Å². The quantitative estimate of drug-likeness (QED) is 0.140. The van der Waals surface area contributed by atoms with Gasteiger partial charge in [-0.1, -0.05) is 12.0 Å². The van der Waals surface area contributed by atoms with Crippen molar-refractivity contribution in [3.05, 3.63) is 48.0 Å². The van der Waals surface area contributed by atoms with Crippen molar-refractivity contribution in [1.29, 1.82) is 5.26 Å². The number of alkyl halides is 1. The Kier molecular flexibility index (Phi) is 8.81. The van der Waals surface area contributed by atoms with Crippen molar-refractivity contribution < 1.29 is 13.5 Å². The molecule has 53 heavy (non-hydrogen) atoms. The summed E-state index contributed by atoms with van der Waals surface area (Å²) in [5.41, 5.74) is 2.44. The van der Waals surface area contributed by atoms with E-state index < -0.39 is 12.0 Å². The standard InChI is InChI=1S/C33H27FN8OS.C7H12FN/c1-3-21-24(34)9-6-18-14-25-23(15-37-40-25)27(26(18)21)29-30-22(10-12-36-29)28-31(38-33(43-2)39-32(28)44-30)41-16-19-7-8-20(17-41)42(19)13-5-4-11-35;8-6-4-7-2-1-3-9(7)5-6/h1,6,9-10,12,14-15,19-20H,4-5,7-8,13,16-17H2,2H3,(H,37,40);6-7H,1-5H2. The highest BCUT2D eigenvalue weighted by molar-refractivity contribution is 7.26. The Balaban J connectivity index is 0.000000360. The summed E-state index contributed by atoms with van der Waals surface area (Å²) in [7, 11) is 1.59. The summed E-state index contributed by atoms with van der Waals surface area (Å²) in [5.74, 6) is 2.99. The molecule has 0 saturated carbocycles. The van der Waals surface area contributed by atoms with Gasteiger partial charge in [0.15, 0.2) is 0 Å². The zero-order valence-corrected chi connectivity index (χ0v) is 30.3. The third-order valence-electron chi connectivity index (χ3n) is 11.5. The molecule has 6 aromatic rings. The maximum absolute atomic E-state index is 15.1. The molecule has 4 aliphatic heterocycles. The molecule has 0 amide bonds. The summed E-state index contributed by atoms with van der Waals surface area (Å²) in [6.07, 6.45) is 16.0.